The highest BCUT2D eigenvalue weighted by Crippen LogP contribution is 2.03. The van der Waals surface area contributed by atoms with Crippen molar-refractivity contribution >= 4 is 12.2 Å². The molecular formula is C8H15NO8. The van der Waals surface area contributed by atoms with E-state index in [9.17, 15) is 20.1 Å². The number of rotatable bonds is 8. The van der Waals surface area contributed by atoms with Crippen LogP contribution in [0.25, 0.3) is 0 Å². The summed E-state index contributed by atoms with van der Waals surface area (Å²) in [6, 6.07) is 0. The Morgan fingerprint density at radius 2 is 1.82 bits per heavy atom. The molecule has 0 unspecified atom stereocenters. The normalized spacial score (nSPS) is 18.6. The van der Waals surface area contributed by atoms with Gasteiger partial charge in [-0.05, 0) is 0 Å². The fraction of sp³-hybridized carbons (Fsp3) is 0.750. The highest BCUT2D eigenvalue weighted by molar-refractivity contribution is 5.68. The van der Waals surface area contributed by atoms with Gasteiger partial charge in [0.2, 0.25) is 6.61 Å². The molecule has 0 heterocycles. The zero-order valence-electron chi connectivity index (χ0n) is 8.75. The van der Waals surface area contributed by atoms with Gasteiger partial charge in [0, 0.05) is 0 Å². The first-order chi connectivity index (χ1) is 7.90. The molecule has 0 aromatic carbocycles. The molecule has 0 bridgehead atoms. The Morgan fingerprint density at radius 1 is 1.24 bits per heavy atom. The number of oxime groups is 1. The van der Waals surface area contributed by atoms with Gasteiger partial charge in [-0.25, -0.2) is 4.79 Å². The van der Waals surface area contributed by atoms with Gasteiger partial charge in [0.25, 0.3) is 0 Å². The lowest BCUT2D eigenvalue weighted by Crippen LogP contribution is -2.46. The molecule has 4 atom stereocenters. The third-order valence-corrected chi connectivity index (χ3v) is 1.76. The van der Waals surface area contributed by atoms with Crippen LogP contribution in [0.2, 0.25) is 0 Å². The summed E-state index contributed by atoms with van der Waals surface area (Å²) in [5.41, 5.74) is 0. The van der Waals surface area contributed by atoms with Gasteiger partial charge in [-0.1, -0.05) is 5.16 Å². The second kappa shape index (κ2) is 7.92. The summed E-state index contributed by atoms with van der Waals surface area (Å²) in [6.45, 7) is -1.52. The zero-order valence-corrected chi connectivity index (χ0v) is 8.75. The van der Waals surface area contributed by atoms with Gasteiger partial charge in [0.05, 0.1) is 12.8 Å². The van der Waals surface area contributed by atoms with Crippen LogP contribution < -0.4 is 0 Å². The van der Waals surface area contributed by atoms with Gasteiger partial charge >= 0.3 is 5.97 Å². The molecule has 0 saturated heterocycles. The predicted molar refractivity (Wildman–Crippen MR) is 53.2 cm³/mol. The molecule has 0 radical (unpaired) electrons. The molecule has 0 saturated carbocycles. The third kappa shape index (κ3) is 6.14. The lowest BCUT2D eigenvalue weighted by Gasteiger charge is -2.23. The molecule has 0 aliphatic rings. The molecule has 0 rings (SSSR count). The quantitative estimate of drug-likeness (QED) is 0.192. The van der Waals surface area contributed by atoms with Gasteiger partial charge in [-0.3, -0.25) is 0 Å². The average molecular weight is 253 g/mol. The first kappa shape index (κ1) is 15.7. The maximum Gasteiger partial charge on any atom is 0.344 e. The fourth-order valence-corrected chi connectivity index (χ4v) is 0.824. The van der Waals surface area contributed by atoms with Crippen molar-refractivity contribution in [3.05, 3.63) is 0 Å². The Kier molecular flexibility index (Phi) is 7.34. The summed E-state index contributed by atoms with van der Waals surface area (Å²) in [7, 11) is 0. The number of hydrogen-bond acceptors (Lipinski definition) is 8. The fourth-order valence-electron chi connectivity index (χ4n) is 0.824. The van der Waals surface area contributed by atoms with Gasteiger partial charge in [0.1, 0.15) is 24.4 Å². The SMILES string of the molecule is O=C(O)CO/N=C/[C@@H](O)[C@H](O)[C@H](O)[C@H](O)CO. The predicted octanol–water partition coefficient (Wildman–Crippen LogP) is -3.49. The van der Waals surface area contributed by atoms with Crippen LogP contribution in [0.4, 0.5) is 0 Å². The van der Waals surface area contributed by atoms with Crippen molar-refractivity contribution in [3.8, 4) is 0 Å². The van der Waals surface area contributed by atoms with E-state index in [1.807, 2.05) is 0 Å². The Balaban J connectivity index is 4.12. The maximum absolute atomic E-state index is 10.0. The van der Waals surface area contributed by atoms with Crippen molar-refractivity contribution < 1.29 is 40.3 Å². The van der Waals surface area contributed by atoms with E-state index in [0.717, 1.165) is 0 Å². The number of carbonyl (C=O) groups is 1. The van der Waals surface area contributed by atoms with Crippen LogP contribution in [-0.4, -0.2) is 80.5 Å². The summed E-state index contributed by atoms with van der Waals surface area (Å²) in [5, 5.41) is 56.3. The van der Waals surface area contributed by atoms with Gasteiger partial charge in [0.15, 0.2) is 0 Å². The first-order valence-electron chi connectivity index (χ1n) is 4.60. The Hall–Kier alpha value is -1.26. The number of aliphatic hydroxyl groups is 5. The summed E-state index contributed by atoms with van der Waals surface area (Å²) in [4.78, 5) is 14.2. The first-order valence-corrected chi connectivity index (χ1v) is 4.60. The smallest absolute Gasteiger partial charge is 0.344 e. The third-order valence-electron chi connectivity index (χ3n) is 1.76. The molecule has 100 valence electrons. The average Bonchev–Trinajstić information content (AvgIpc) is 2.31. The highest BCUT2D eigenvalue weighted by atomic mass is 16.6. The Morgan fingerprint density at radius 3 is 2.29 bits per heavy atom. The lowest BCUT2D eigenvalue weighted by molar-refractivity contribution is -0.142. The molecule has 17 heavy (non-hydrogen) atoms. The molecule has 6 N–H and O–H groups in total. The number of carboxylic acids is 1. The van der Waals surface area contributed by atoms with Crippen LogP contribution >= 0.6 is 0 Å². The van der Waals surface area contributed by atoms with Gasteiger partial charge < -0.3 is 35.5 Å². The van der Waals surface area contributed by atoms with E-state index < -0.39 is 43.6 Å². The van der Waals surface area contributed by atoms with Crippen molar-refractivity contribution in [1.29, 1.82) is 0 Å². The molecule has 9 nitrogen and oxygen atoms in total. The van der Waals surface area contributed by atoms with Crippen molar-refractivity contribution in [1.82, 2.24) is 0 Å². The number of aliphatic hydroxyl groups excluding tert-OH is 5. The van der Waals surface area contributed by atoms with Crippen LogP contribution in [0, 0.1) is 0 Å². The Labute approximate surface area is 96.2 Å². The molecule has 0 aliphatic carbocycles. The van der Waals surface area contributed by atoms with Crippen molar-refractivity contribution in [2.75, 3.05) is 13.2 Å². The van der Waals surface area contributed by atoms with Gasteiger partial charge in [-0.2, -0.15) is 0 Å². The monoisotopic (exact) mass is 253 g/mol. The standard InChI is InChI=1S/C8H15NO8/c10-2-5(12)8(16)7(15)4(11)1-9-17-3-6(13)14/h1,4-5,7-8,10-12,15-16H,2-3H2,(H,13,14)/b9-1+/t4-,5-,7+,8-/m1/s1. The summed E-state index contributed by atoms with van der Waals surface area (Å²) < 4.78 is 0. The minimum absolute atomic E-state index is 0.654. The molecule has 9 heteroatoms. The maximum atomic E-state index is 10.0. The molecule has 0 aliphatic heterocycles. The minimum Gasteiger partial charge on any atom is -0.479 e. The van der Waals surface area contributed by atoms with E-state index in [1.165, 1.54) is 0 Å². The molecule has 0 amide bonds. The molecule has 0 aromatic heterocycles. The van der Waals surface area contributed by atoms with E-state index in [4.69, 9.17) is 15.3 Å². The van der Waals surface area contributed by atoms with Crippen molar-refractivity contribution in [2.45, 2.75) is 24.4 Å². The van der Waals surface area contributed by atoms with Crippen molar-refractivity contribution in [3.63, 3.8) is 0 Å². The van der Waals surface area contributed by atoms with Crippen LogP contribution in [0.1, 0.15) is 0 Å². The lowest BCUT2D eigenvalue weighted by atomic mass is 10.0. The summed E-state index contributed by atoms with van der Waals surface area (Å²) >= 11 is 0. The van der Waals surface area contributed by atoms with Crippen LogP contribution in [0.5, 0.6) is 0 Å². The minimum atomic E-state index is -1.80. The second-order valence-electron chi connectivity index (χ2n) is 3.14. The van der Waals surface area contributed by atoms with Crippen LogP contribution in [-0.2, 0) is 9.63 Å². The van der Waals surface area contributed by atoms with Gasteiger partial charge in [-0.15, -0.1) is 0 Å². The second-order valence-corrected chi connectivity index (χ2v) is 3.14. The van der Waals surface area contributed by atoms with E-state index >= 15 is 0 Å². The number of hydrogen-bond donors (Lipinski definition) is 6. The van der Waals surface area contributed by atoms with E-state index in [-0.39, 0.29) is 0 Å². The largest absolute Gasteiger partial charge is 0.479 e. The van der Waals surface area contributed by atoms with E-state index in [0.29, 0.717) is 6.21 Å². The Bertz CT molecular complexity index is 258. The molecular weight excluding hydrogens is 238 g/mol. The van der Waals surface area contributed by atoms with Crippen LogP contribution in [0.15, 0.2) is 5.16 Å². The summed E-state index contributed by atoms with van der Waals surface area (Å²) in [5.74, 6) is -1.27. The van der Waals surface area contributed by atoms with E-state index in [1.54, 1.807) is 0 Å². The zero-order chi connectivity index (χ0) is 13.4. The molecule has 0 spiro atoms. The molecule has 0 fully saturated rings. The van der Waals surface area contributed by atoms with E-state index in [2.05, 4.69) is 9.99 Å². The number of aliphatic carboxylic acids is 1. The topological polar surface area (TPSA) is 160 Å². The molecule has 0 aromatic rings. The highest BCUT2D eigenvalue weighted by Gasteiger charge is 2.29. The van der Waals surface area contributed by atoms with Crippen molar-refractivity contribution in [2.24, 2.45) is 5.16 Å². The van der Waals surface area contributed by atoms with Crippen LogP contribution in [0.3, 0.4) is 0 Å². The number of nitrogens with zero attached hydrogens (tertiary/aromatic N) is 1. The summed E-state index contributed by atoms with van der Waals surface area (Å²) in [6.07, 6.45) is -6.22. The number of carboxylic acid groups (broad SMARTS) is 1.